The number of fused-ring (bicyclic) bond motifs is 4. The van der Waals surface area contributed by atoms with E-state index in [1.54, 1.807) is 5.57 Å². The van der Waals surface area contributed by atoms with Gasteiger partial charge in [-0.15, -0.1) is 0 Å². The Morgan fingerprint density at radius 2 is 2.05 bits per heavy atom. The first-order chi connectivity index (χ1) is 10.1. The van der Waals surface area contributed by atoms with E-state index in [2.05, 4.69) is 6.92 Å². The van der Waals surface area contributed by atoms with E-state index in [4.69, 9.17) is 0 Å². The van der Waals surface area contributed by atoms with Crippen LogP contribution in [0.3, 0.4) is 0 Å². The van der Waals surface area contributed by atoms with Crippen LogP contribution in [0.5, 0.6) is 0 Å². The van der Waals surface area contributed by atoms with Crippen molar-refractivity contribution in [2.75, 3.05) is 0 Å². The monoisotopic (exact) mass is 286 g/mol. The molecule has 0 bridgehead atoms. The average Bonchev–Trinajstić information content (AvgIpc) is 2.85. The summed E-state index contributed by atoms with van der Waals surface area (Å²) < 4.78 is 0. The third-order valence-electron chi connectivity index (χ3n) is 6.88. The van der Waals surface area contributed by atoms with Gasteiger partial charge in [-0.05, 0) is 86.3 Å². The van der Waals surface area contributed by atoms with E-state index in [1.165, 1.54) is 24.0 Å². The summed E-state index contributed by atoms with van der Waals surface area (Å²) in [7, 11) is 0. The summed E-state index contributed by atoms with van der Waals surface area (Å²) in [6.45, 7) is 2.14. The van der Waals surface area contributed by atoms with Crippen molar-refractivity contribution in [2.24, 2.45) is 17.8 Å². The lowest BCUT2D eigenvalue weighted by molar-refractivity contribution is -0.114. The van der Waals surface area contributed by atoms with Crippen LogP contribution >= 0.6 is 0 Å². The molecule has 0 radical (unpaired) electrons. The van der Waals surface area contributed by atoms with E-state index in [0.717, 1.165) is 38.5 Å². The van der Waals surface area contributed by atoms with Crippen molar-refractivity contribution in [3.05, 3.63) is 22.8 Å². The zero-order valence-corrected chi connectivity index (χ0v) is 13.0. The Balaban J connectivity index is 1.69. The first kappa shape index (κ1) is 13.8. The van der Waals surface area contributed by atoms with Gasteiger partial charge in [-0.2, -0.15) is 0 Å². The molecule has 21 heavy (non-hydrogen) atoms. The highest BCUT2D eigenvalue weighted by atomic mass is 16.3. The molecule has 0 heterocycles. The van der Waals surface area contributed by atoms with E-state index >= 15 is 0 Å². The standard InChI is InChI=1S/C19H26O2/c1-2-19(21)10-9-17-16-5-3-12-11-13(20)4-6-14(12)15(16)7-8-18(17)19/h11,16-18,21H,2-10H2,1H3/t16-,17+,18+,19+/m1/s1. The molecule has 0 saturated heterocycles. The molecule has 4 rings (SSSR count). The second-order valence-electron chi connectivity index (χ2n) is 7.59. The Morgan fingerprint density at radius 1 is 1.19 bits per heavy atom. The molecule has 2 heteroatoms. The molecule has 4 atom stereocenters. The summed E-state index contributed by atoms with van der Waals surface area (Å²) in [6, 6.07) is 0. The highest BCUT2D eigenvalue weighted by Gasteiger charge is 2.52. The van der Waals surface area contributed by atoms with Crippen molar-refractivity contribution in [1.29, 1.82) is 0 Å². The molecule has 0 aromatic rings. The summed E-state index contributed by atoms with van der Waals surface area (Å²) in [5.74, 6) is 2.24. The van der Waals surface area contributed by atoms with Gasteiger partial charge in [0, 0.05) is 6.42 Å². The van der Waals surface area contributed by atoms with Crippen LogP contribution in [-0.2, 0) is 4.79 Å². The number of ketones is 1. The average molecular weight is 286 g/mol. The smallest absolute Gasteiger partial charge is 0.156 e. The number of hydrogen-bond donors (Lipinski definition) is 1. The van der Waals surface area contributed by atoms with Crippen molar-refractivity contribution >= 4 is 5.78 Å². The topological polar surface area (TPSA) is 37.3 Å². The zero-order chi connectivity index (χ0) is 14.6. The molecule has 0 unspecified atom stereocenters. The largest absolute Gasteiger partial charge is 0.390 e. The Morgan fingerprint density at radius 3 is 2.86 bits per heavy atom. The predicted molar refractivity (Wildman–Crippen MR) is 82.8 cm³/mol. The van der Waals surface area contributed by atoms with Crippen LogP contribution in [-0.4, -0.2) is 16.5 Å². The van der Waals surface area contributed by atoms with E-state index in [0.29, 0.717) is 30.0 Å². The van der Waals surface area contributed by atoms with Crippen LogP contribution in [0, 0.1) is 17.8 Å². The van der Waals surface area contributed by atoms with Gasteiger partial charge in [-0.1, -0.05) is 12.5 Å². The van der Waals surface area contributed by atoms with Crippen molar-refractivity contribution in [2.45, 2.75) is 70.3 Å². The van der Waals surface area contributed by atoms with Crippen LogP contribution < -0.4 is 0 Å². The first-order valence-corrected chi connectivity index (χ1v) is 8.80. The lowest BCUT2D eigenvalue weighted by Crippen LogP contribution is -2.40. The lowest BCUT2D eigenvalue weighted by Gasteiger charge is -2.44. The van der Waals surface area contributed by atoms with Gasteiger partial charge in [0.25, 0.3) is 0 Å². The summed E-state index contributed by atoms with van der Waals surface area (Å²) in [5.41, 5.74) is 4.16. The van der Waals surface area contributed by atoms with E-state index in [9.17, 15) is 9.90 Å². The summed E-state index contributed by atoms with van der Waals surface area (Å²) >= 11 is 0. The van der Waals surface area contributed by atoms with Crippen molar-refractivity contribution in [3.63, 3.8) is 0 Å². The van der Waals surface area contributed by atoms with Gasteiger partial charge in [0.15, 0.2) is 5.78 Å². The molecule has 2 nitrogen and oxygen atoms in total. The van der Waals surface area contributed by atoms with Crippen LogP contribution in [0.25, 0.3) is 0 Å². The highest BCUT2D eigenvalue weighted by Crippen LogP contribution is 2.57. The number of aliphatic hydroxyl groups is 1. The van der Waals surface area contributed by atoms with Crippen molar-refractivity contribution in [1.82, 2.24) is 0 Å². The van der Waals surface area contributed by atoms with Gasteiger partial charge in [-0.3, -0.25) is 4.79 Å². The second kappa shape index (κ2) is 4.81. The molecule has 0 spiro atoms. The molecule has 4 aliphatic carbocycles. The minimum atomic E-state index is -0.389. The van der Waals surface area contributed by atoms with Gasteiger partial charge in [0.1, 0.15) is 0 Å². The van der Waals surface area contributed by atoms with Crippen LogP contribution in [0.1, 0.15) is 64.7 Å². The molecular formula is C19H26O2. The van der Waals surface area contributed by atoms with E-state index in [-0.39, 0.29) is 5.60 Å². The van der Waals surface area contributed by atoms with Gasteiger partial charge in [0.05, 0.1) is 5.60 Å². The summed E-state index contributed by atoms with van der Waals surface area (Å²) in [5, 5.41) is 10.9. The maximum Gasteiger partial charge on any atom is 0.156 e. The number of carbonyl (C=O) groups is 1. The summed E-state index contributed by atoms with van der Waals surface area (Å²) in [4.78, 5) is 11.7. The van der Waals surface area contributed by atoms with Gasteiger partial charge in [0.2, 0.25) is 0 Å². The molecular weight excluding hydrogens is 260 g/mol. The molecule has 1 N–H and O–H groups in total. The van der Waals surface area contributed by atoms with Crippen molar-refractivity contribution in [3.8, 4) is 0 Å². The Hall–Kier alpha value is -0.890. The second-order valence-corrected chi connectivity index (χ2v) is 7.59. The SMILES string of the molecule is CC[C@]1(O)CC[C@H]2[C@@H]3CCC4=CC(=O)CCC4=C3CC[C@@H]21. The zero-order valence-electron chi connectivity index (χ0n) is 13.0. The fraction of sp³-hybridized carbons (Fsp3) is 0.737. The predicted octanol–water partition coefficient (Wildman–Crippen LogP) is 3.94. The number of hydrogen-bond acceptors (Lipinski definition) is 2. The maximum atomic E-state index is 11.7. The molecule has 0 aliphatic heterocycles. The Labute approximate surface area is 127 Å². The lowest BCUT2D eigenvalue weighted by atomic mass is 9.61. The molecule has 114 valence electrons. The third-order valence-corrected chi connectivity index (χ3v) is 6.88. The Bertz CT molecular complexity index is 542. The molecule has 2 saturated carbocycles. The maximum absolute atomic E-state index is 11.7. The van der Waals surface area contributed by atoms with Gasteiger partial charge < -0.3 is 5.11 Å². The molecule has 0 amide bonds. The molecule has 0 aromatic heterocycles. The van der Waals surface area contributed by atoms with Crippen molar-refractivity contribution < 1.29 is 9.90 Å². The first-order valence-electron chi connectivity index (χ1n) is 8.80. The highest BCUT2D eigenvalue weighted by molar-refractivity contribution is 5.93. The van der Waals surface area contributed by atoms with Gasteiger partial charge in [-0.25, -0.2) is 0 Å². The van der Waals surface area contributed by atoms with E-state index < -0.39 is 0 Å². The minimum absolute atomic E-state index is 0.322. The number of allylic oxidation sites excluding steroid dienone is 4. The fourth-order valence-electron chi connectivity index (χ4n) is 5.79. The fourth-order valence-corrected chi connectivity index (χ4v) is 5.79. The number of rotatable bonds is 1. The molecule has 4 aliphatic rings. The number of carbonyl (C=O) groups excluding carboxylic acids is 1. The van der Waals surface area contributed by atoms with Crippen LogP contribution in [0.2, 0.25) is 0 Å². The molecule has 0 aromatic carbocycles. The summed E-state index contributed by atoms with van der Waals surface area (Å²) in [6.07, 6.45) is 11.3. The molecule has 2 fully saturated rings. The van der Waals surface area contributed by atoms with Gasteiger partial charge >= 0.3 is 0 Å². The Kier molecular flexibility index (Phi) is 3.15. The van der Waals surface area contributed by atoms with Crippen LogP contribution in [0.4, 0.5) is 0 Å². The quantitative estimate of drug-likeness (QED) is 0.792. The van der Waals surface area contributed by atoms with Crippen LogP contribution in [0.15, 0.2) is 22.8 Å². The third kappa shape index (κ3) is 1.98. The van der Waals surface area contributed by atoms with E-state index in [1.807, 2.05) is 6.08 Å². The normalized spacial score (nSPS) is 42.3. The minimum Gasteiger partial charge on any atom is -0.390 e.